The lowest BCUT2D eigenvalue weighted by Crippen LogP contribution is -2.27. The van der Waals surface area contributed by atoms with Crippen LogP contribution in [0.1, 0.15) is 24.9 Å². The van der Waals surface area contributed by atoms with Crippen molar-refractivity contribution in [2.75, 3.05) is 18.9 Å². The van der Waals surface area contributed by atoms with E-state index in [1.807, 2.05) is 49.5 Å². The van der Waals surface area contributed by atoms with Crippen LogP contribution in [0.3, 0.4) is 0 Å². The van der Waals surface area contributed by atoms with Crippen molar-refractivity contribution in [1.29, 1.82) is 0 Å². The summed E-state index contributed by atoms with van der Waals surface area (Å²) in [5.41, 5.74) is 3.02. The van der Waals surface area contributed by atoms with E-state index in [-0.39, 0.29) is 11.9 Å². The van der Waals surface area contributed by atoms with Gasteiger partial charge in [-0.3, -0.25) is 9.69 Å². The first kappa shape index (κ1) is 19.8. The van der Waals surface area contributed by atoms with Crippen molar-refractivity contribution in [3.05, 3.63) is 84.9 Å². The highest BCUT2D eigenvalue weighted by Crippen LogP contribution is 2.24. The fraction of sp³-hybridized carbons (Fsp3) is 0.208. The van der Waals surface area contributed by atoms with Crippen LogP contribution in [0.5, 0.6) is 0 Å². The summed E-state index contributed by atoms with van der Waals surface area (Å²) in [6.45, 7) is 2.82. The Bertz CT molecular complexity index is 1120. The van der Waals surface area contributed by atoms with Crippen LogP contribution in [0.2, 0.25) is 0 Å². The summed E-state index contributed by atoms with van der Waals surface area (Å²) in [5.74, 6) is 0.0203. The van der Waals surface area contributed by atoms with Crippen molar-refractivity contribution in [2.24, 2.45) is 0 Å². The summed E-state index contributed by atoms with van der Waals surface area (Å²) in [6.07, 6.45) is 3.63. The van der Waals surface area contributed by atoms with Gasteiger partial charge in [0, 0.05) is 30.1 Å². The van der Waals surface area contributed by atoms with E-state index in [9.17, 15) is 4.79 Å². The number of anilines is 1. The molecule has 0 fully saturated rings. The van der Waals surface area contributed by atoms with Gasteiger partial charge >= 0.3 is 0 Å². The molecule has 0 saturated carbocycles. The predicted molar refractivity (Wildman–Crippen MR) is 120 cm³/mol. The number of nitrogens with zero attached hydrogens (tertiary/aromatic N) is 4. The lowest BCUT2D eigenvalue weighted by Gasteiger charge is -2.25. The predicted octanol–water partition coefficient (Wildman–Crippen LogP) is 4.44. The standard InChI is InChI=1S/C24H25N5O/c1-18(19-10-12-21(13-11-19)29-17-25-16-26-29)28(2)15-14-24(30)27-23-9-5-7-20-6-3-4-8-22(20)23/h3-13,16-18H,14-15H2,1-2H3,(H,27,30). The lowest BCUT2D eigenvalue weighted by atomic mass is 10.1. The van der Waals surface area contributed by atoms with Gasteiger partial charge in [-0.05, 0) is 43.1 Å². The second kappa shape index (κ2) is 8.88. The van der Waals surface area contributed by atoms with Crippen molar-refractivity contribution in [1.82, 2.24) is 19.7 Å². The summed E-state index contributed by atoms with van der Waals surface area (Å²) in [5, 5.41) is 9.39. The molecule has 3 aromatic carbocycles. The number of carbonyl (C=O) groups excluding carboxylic acids is 1. The molecule has 152 valence electrons. The van der Waals surface area contributed by atoms with Gasteiger partial charge in [0.05, 0.1) is 5.69 Å². The third-order valence-electron chi connectivity index (χ3n) is 5.48. The Hall–Kier alpha value is -3.51. The number of hydrogen-bond donors (Lipinski definition) is 1. The molecular weight excluding hydrogens is 374 g/mol. The molecule has 0 radical (unpaired) electrons. The maximum Gasteiger partial charge on any atom is 0.225 e. The first-order chi connectivity index (χ1) is 14.6. The molecule has 0 aliphatic rings. The molecule has 30 heavy (non-hydrogen) atoms. The Morgan fingerprint density at radius 2 is 1.83 bits per heavy atom. The molecular formula is C24H25N5O. The van der Waals surface area contributed by atoms with E-state index >= 15 is 0 Å². The third-order valence-corrected chi connectivity index (χ3v) is 5.48. The zero-order chi connectivity index (χ0) is 20.9. The van der Waals surface area contributed by atoms with E-state index < -0.39 is 0 Å². The number of hydrogen-bond acceptors (Lipinski definition) is 4. The number of nitrogens with one attached hydrogen (secondary N) is 1. The highest BCUT2D eigenvalue weighted by atomic mass is 16.1. The van der Waals surface area contributed by atoms with Crippen molar-refractivity contribution >= 4 is 22.4 Å². The van der Waals surface area contributed by atoms with Crippen LogP contribution in [0.15, 0.2) is 79.4 Å². The molecule has 4 aromatic rings. The molecule has 1 heterocycles. The number of amides is 1. The van der Waals surface area contributed by atoms with Crippen molar-refractivity contribution in [3.8, 4) is 5.69 Å². The Labute approximate surface area is 176 Å². The first-order valence-corrected chi connectivity index (χ1v) is 10.0. The summed E-state index contributed by atoms with van der Waals surface area (Å²) in [4.78, 5) is 18.7. The molecule has 6 heteroatoms. The minimum absolute atomic E-state index is 0.0203. The fourth-order valence-electron chi connectivity index (χ4n) is 3.52. The van der Waals surface area contributed by atoms with Crippen LogP contribution < -0.4 is 5.32 Å². The molecule has 1 atom stereocenters. The average Bonchev–Trinajstić information content (AvgIpc) is 3.32. The SMILES string of the molecule is CC(c1ccc(-n2cncn2)cc1)N(C)CCC(=O)Nc1cccc2ccccc12. The van der Waals surface area contributed by atoms with Crippen LogP contribution in [0.25, 0.3) is 16.5 Å². The Morgan fingerprint density at radius 1 is 1.07 bits per heavy atom. The van der Waals surface area contributed by atoms with E-state index in [1.54, 1.807) is 11.0 Å². The Kier molecular flexibility index (Phi) is 5.86. The highest BCUT2D eigenvalue weighted by Gasteiger charge is 2.14. The smallest absolute Gasteiger partial charge is 0.225 e. The van der Waals surface area contributed by atoms with Gasteiger partial charge in [0.2, 0.25) is 5.91 Å². The molecule has 0 bridgehead atoms. The van der Waals surface area contributed by atoms with Gasteiger partial charge in [0.1, 0.15) is 12.7 Å². The van der Waals surface area contributed by atoms with Crippen molar-refractivity contribution in [3.63, 3.8) is 0 Å². The van der Waals surface area contributed by atoms with E-state index in [0.717, 1.165) is 22.1 Å². The maximum atomic E-state index is 12.5. The van der Waals surface area contributed by atoms with Crippen LogP contribution >= 0.6 is 0 Å². The number of fused-ring (bicyclic) bond motifs is 1. The first-order valence-electron chi connectivity index (χ1n) is 10.0. The molecule has 6 nitrogen and oxygen atoms in total. The van der Waals surface area contributed by atoms with Gasteiger partial charge in [-0.1, -0.05) is 48.5 Å². The van der Waals surface area contributed by atoms with Crippen LogP contribution in [0.4, 0.5) is 5.69 Å². The van der Waals surface area contributed by atoms with Gasteiger partial charge in [-0.2, -0.15) is 5.10 Å². The molecule has 1 amide bonds. The zero-order valence-electron chi connectivity index (χ0n) is 17.2. The molecule has 1 unspecified atom stereocenters. The molecule has 0 saturated heterocycles. The van der Waals surface area contributed by atoms with Gasteiger partial charge < -0.3 is 5.32 Å². The molecule has 0 aliphatic carbocycles. The quantitative estimate of drug-likeness (QED) is 0.499. The van der Waals surface area contributed by atoms with Gasteiger partial charge in [0.15, 0.2) is 0 Å². The number of carbonyl (C=O) groups is 1. The minimum Gasteiger partial charge on any atom is -0.325 e. The van der Waals surface area contributed by atoms with E-state index in [2.05, 4.69) is 51.5 Å². The Morgan fingerprint density at radius 3 is 2.60 bits per heavy atom. The average molecular weight is 399 g/mol. The molecule has 1 N–H and O–H groups in total. The summed E-state index contributed by atoms with van der Waals surface area (Å²) < 4.78 is 1.73. The fourth-order valence-corrected chi connectivity index (χ4v) is 3.52. The number of benzene rings is 3. The van der Waals surface area contributed by atoms with Crippen molar-refractivity contribution in [2.45, 2.75) is 19.4 Å². The molecule has 4 rings (SSSR count). The van der Waals surface area contributed by atoms with E-state index in [4.69, 9.17) is 0 Å². The van der Waals surface area contributed by atoms with Gasteiger partial charge in [0.25, 0.3) is 0 Å². The molecule has 0 spiro atoms. The molecule has 0 aliphatic heterocycles. The minimum atomic E-state index is 0.0203. The summed E-state index contributed by atoms with van der Waals surface area (Å²) in [6, 6.07) is 22.5. The largest absolute Gasteiger partial charge is 0.325 e. The van der Waals surface area contributed by atoms with E-state index in [1.165, 1.54) is 11.9 Å². The van der Waals surface area contributed by atoms with E-state index in [0.29, 0.717) is 13.0 Å². The zero-order valence-corrected chi connectivity index (χ0v) is 17.2. The topological polar surface area (TPSA) is 63.1 Å². The van der Waals surface area contributed by atoms with Gasteiger partial charge in [-0.15, -0.1) is 0 Å². The normalized spacial score (nSPS) is 12.2. The Balaban J connectivity index is 1.34. The summed E-state index contributed by atoms with van der Waals surface area (Å²) in [7, 11) is 2.04. The second-order valence-corrected chi connectivity index (χ2v) is 7.41. The number of rotatable bonds is 7. The van der Waals surface area contributed by atoms with Crippen LogP contribution in [0, 0.1) is 0 Å². The molecule has 1 aromatic heterocycles. The van der Waals surface area contributed by atoms with Crippen LogP contribution in [-0.2, 0) is 4.79 Å². The highest BCUT2D eigenvalue weighted by molar-refractivity contribution is 6.02. The monoisotopic (exact) mass is 399 g/mol. The third kappa shape index (κ3) is 4.39. The van der Waals surface area contributed by atoms with Gasteiger partial charge in [-0.25, -0.2) is 9.67 Å². The second-order valence-electron chi connectivity index (χ2n) is 7.41. The number of aromatic nitrogens is 3. The maximum absolute atomic E-state index is 12.5. The summed E-state index contributed by atoms with van der Waals surface area (Å²) >= 11 is 0. The van der Waals surface area contributed by atoms with Crippen LogP contribution in [-0.4, -0.2) is 39.2 Å². The lowest BCUT2D eigenvalue weighted by molar-refractivity contribution is -0.116. The van der Waals surface area contributed by atoms with Crippen molar-refractivity contribution < 1.29 is 4.79 Å².